The van der Waals surface area contributed by atoms with E-state index >= 15 is 0 Å². The molecule has 0 amide bonds. The Kier molecular flexibility index (Phi) is 4.17. The second-order valence-electron chi connectivity index (χ2n) is 3.82. The van der Waals surface area contributed by atoms with Crippen molar-refractivity contribution >= 4 is 10.8 Å². The van der Waals surface area contributed by atoms with Crippen molar-refractivity contribution in [3.63, 3.8) is 0 Å². The van der Waals surface area contributed by atoms with Gasteiger partial charge >= 0.3 is 0 Å². The molecule has 0 aliphatic carbocycles. The molecule has 1 N–H and O–H groups in total. The van der Waals surface area contributed by atoms with Gasteiger partial charge in [0.1, 0.15) is 12.4 Å². The highest BCUT2D eigenvalue weighted by atomic mass is 16.5. The van der Waals surface area contributed by atoms with Crippen molar-refractivity contribution in [3.8, 4) is 5.75 Å². The number of rotatable bonds is 6. The number of ether oxygens (including phenoxy) is 1. The van der Waals surface area contributed by atoms with Crippen LogP contribution in [0.15, 0.2) is 55.1 Å². The number of benzene rings is 2. The lowest BCUT2D eigenvalue weighted by atomic mass is 10.1. The summed E-state index contributed by atoms with van der Waals surface area (Å²) in [5.74, 6) is 0.948. The predicted octanol–water partition coefficient (Wildman–Crippen LogP) is 2.99. The van der Waals surface area contributed by atoms with Crippen molar-refractivity contribution in [2.24, 2.45) is 0 Å². The lowest BCUT2D eigenvalue weighted by molar-refractivity contribution is 0.320. The van der Waals surface area contributed by atoms with Crippen molar-refractivity contribution < 1.29 is 4.74 Å². The fourth-order valence-electron chi connectivity index (χ4n) is 1.76. The van der Waals surface area contributed by atoms with Crippen molar-refractivity contribution in [1.29, 1.82) is 0 Å². The van der Waals surface area contributed by atoms with Crippen molar-refractivity contribution in [1.82, 2.24) is 5.32 Å². The van der Waals surface area contributed by atoms with Crippen molar-refractivity contribution in [2.75, 3.05) is 19.7 Å². The zero-order valence-electron chi connectivity index (χ0n) is 9.86. The molecule has 0 unspecified atom stereocenters. The maximum Gasteiger partial charge on any atom is 0.127 e. The topological polar surface area (TPSA) is 21.3 Å². The van der Waals surface area contributed by atoms with E-state index in [-0.39, 0.29) is 0 Å². The van der Waals surface area contributed by atoms with Crippen LogP contribution in [-0.4, -0.2) is 19.7 Å². The highest BCUT2D eigenvalue weighted by Gasteiger charge is 1.99. The summed E-state index contributed by atoms with van der Waals surface area (Å²) >= 11 is 0. The van der Waals surface area contributed by atoms with E-state index in [4.69, 9.17) is 4.74 Å². The molecule has 0 spiro atoms. The molecule has 0 aliphatic rings. The van der Waals surface area contributed by atoms with Crippen molar-refractivity contribution in [2.45, 2.75) is 0 Å². The van der Waals surface area contributed by atoms with Crippen molar-refractivity contribution in [3.05, 3.63) is 55.1 Å². The Bertz CT molecular complexity index is 488. The van der Waals surface area contributed by atoms with Gasteiger partial charge in [0.25, 0.3) is 0 Å². The molecule has 0 atom stereocenters. The van der Waals surface area contributed by atoms with Crippen LogP contribution in [0.5, 0.6) is 5.75 Å². The highest BCUT2D eigenvalue weighted by molar-refractivity contribution is 5.88. The third-order valence-corrected chi connectivity index (χ3v) is 2.57. The van der Waals surface area contributed by atoms with Gasteiger partial charge in [-0.2, -0.15) is 0 Å². The van der Waals surface area contributed by atoms with Gasteiger partial charge in [-0.1, -0.05) is 42.5 Å². The van der Waals surface area contributed by atoms with Gasteiger partial charge in [-0.05, 0) is 11.5 Å². The number of fused-ring (bicyclic) bond motifs is 1. The minimum Gasteiger partial charge on any atom is -0.492 e. The molecule has 0 aliphatic heterocycles. The maximum atomic E-state index is 5.77. The van der Waals surface area contributed by atoms with Crippen LogP contribution in [0.2, 0.25) is 0 Å². The van der Waals surface area contributed by atoms with Crippen LogP contribution >= 0.6 is 0 Å². The summed E-state index contributed by atoms with van der Waals surface area (Å²) in [6.07, 6.45) is 1.85. The summed E-state index contributed by atoms with van der Waals surface area (Å²) < 4.78 is 5.77. The van der Waals surface area contributed by atoms with Crippen LogP contribution in [-0.2, 0) is 0 Å². The van der Waals surface area contributed by atoms with Crippen LogP contribution in [0.25, 0.3) is 10.8 Å². The molecule has 88 valence electrons. The molecular formula is C15H17NO. The average Bonchev–Trinajstić information content (AvgIpc) is 2.39. The Morgan fingerprint density at radius 3 is 2.82 bits per heavy atom. The normalized spacial score (nSPS) is 10.4. The molecular weight excluding hydrogens is 210 g/mol. The first-order valence-corrected chi connectivity index (χ1v) is 5.84. The van der Waals surface area contributed by atoms with Gasteiger partial charge in [0.05, 0.1) is 0 Å². The van der Waals surface area contributed by atoms with Gasteiger partial charge in [0, 0.05) is 18.5 Å². The average molecular weight is 227 g/mol. The largest absolute Gasteiger partial charge is 0.492 e. The third kappa shape index (κ3) is 3.08. The van der Waals surface area contributed by atoms with E-state index in [9.17, 15) is 0 Å². The minimum absolute atomic E-state index is 0.668. The van der Waals surface area contributed by atoms with Crippen LogP contribution in [0.4, 0.5) is 0 Å². The first-order chi connectivity index (χ1) is 8.42. The van der Waals surface area contributed by atoms with Gasteiger partial charge in [0.2, 0.25) is 0 Å². The number of hydrogen-bond donors (Lipinski definition) is 1. The first kappa shape index (κ1) is 11.7. The highest BCUT2D eigenvalue weighted by Crippen LogP contribution is 2.24. The van der Waals surface area contributed by atoms with E-state index in [1.807, 2.05) is 30.3 Å². The molecule has 2 aromatic carbocycles. The molecule has 2 heteroatoms. The van der Waals surface area contributed by atoms with Crippen LogP contribution < -0.4 is 10.1 Å². The summed E-state index contributed by atoms with van der Waals surface area (Å²) in [7, 11) is 0. The Hall–Kier alpha value is -1.80. The molecule has 0 bridgehead atoms. The van der Waals surface area contributed by atoms with Gasteiger partial charge in [0.15, 0.2) is 0 Å². The molecule has 17 heavy (non-hydrogen) atoms. The molecule has 0 fully saturated rings. The minimum atomic E-state index is 0.668. The van der Waals surface area contributed by atoms with Crippen LogP contribution in [0.1, 0.15) is 0 Å². The van der Waals surface area contributed by atoms with E-state index in [1.165, 1.54) is 10.8 Å². The molecule has 0 aromatic heterocycles. The fourth-order valence-corrected chi connectivity index (χ4v) is 1.76. The molecule has 0 saturated carbocycles. The first-order valence-electron chi connectivity index (χ1n) is 5.84. The smallest absolute Gasteiger partial charge is 0.127 e. The molecule has 0 saturated heterocycles. The Morgan fingerprint density at radius 1 is 1.12 bits per heavy atom. The molecule has 2 aromatic rings. The lowest BCUT2D eigenvalue weighted by Gasteiger charge is -2.09. The van der Waals surface area contributed by atoms with Gasteiger partial charge in [-0.25, -0.2) is 0 Å². The SMILES string of the molecule is C=CCNCCOc1cccc2ccccc12. The Morgan fingerprint density at radius 2 is 1.94 bits per heavy atom. The van der Waals surface area contributed by atoms with E-state index in [1.54, 1.807) is 0 Å². The van der Waals surface area contributed by atoms with Crippen LogP contribution in [0, 0.1) is 0 Å². The zero-order chi connectivity index (χ0) is 11.9. The summed E-state index contributed by atoms with van der Waals surface area (Å²) in [5.41, 5.74) is 0. The van der Waals surface area contributed by atoms with Gasteiger partial charge in [-0.15, -0.1) is 6.58 Å². The molecule has 2 nitrogen and oxygen atoms in total. The fraction of sp³-hybridized carbons (Fsp3) is 0.200. The van der Waals surface area contributed by atoms with E-state index in [0.29, 0.717) is 6.61 Å². The standard InChI is InChI=1S/C15H17NO/c1-2-10-16-11-12-17-15-9-5-7-13-6-3-4-8-14(13)15/h2-9,16H,1,10-12H2. The zero-order valence-corrected chi connectivity index (χ0v) is 9.86. The third-order valence-electron chi connectivity index (χ3n) is 2.57. The van der Waals surface area contributed by atoms with E-state index < -0.39 is 0 Å². The Balaban J connectivity index is 2.01. The number of hydrogen-bond acceptors (Lipinski definition) is 2. The maximum absolute atomic E-state index is 5.77. The number of nitrogens with one attached hydrogen (secondary N) is 1. The summed E-state index contributed by atoms with van der Waals surface area (Å²) in [6, 6.07) is 14.4. The van der Waals surface area contributed by atoms with Gasteiger partial charge in [-0.3, -0.25) is 0 Å². The predicted molar refractivity (Wildman–Crippen MR) is 72.5 cm³/mol. The summed E-state index contributed by atoms with van der Waals surface area (Å²) in [6.45, 7) is 5.97. The van der Waals surface area contributed by atoms with E-state index in [0.717, 1.165) is 18.8 Å². The molecule has 0 heterocycles. The lowest BCUT2D eigenvalue weighted by Crippen LogP contribution is -2.20. The quantitative estimate of drug-likeness (QED) is 0.605. The monoisotopic (exact) mass is 227 g/mol. The van der Waals surface area contributed by atoms with Gasteiger partial charge < -0.3 is 10.1 Å². The molecule has 2 rings (SSSR count). The summed E-state index contributed by atoms with van der Waals surface area (Å²) in [4.78, 5) is 0. The van der Waals surface area contributed by atoms with E-state index in [2.05, 4.69) is 30.1 Å². The molecule has 0 radical (unpaired) electrons. The summed E-state index contributed by atoms with van der Waals surface area (Å²) in [5, 5.41) is 5.59. The van der Waals surface area contributed by atoms with Crippen LogP contribution in [0.3, 0.4) is 0 Å². The second kappa shape index (κ2) is 6.06. The second-order valence-corrected chi connectivity index (χ2v) is 3.82. The Labute approximate surface area is 102 Å².